The zero-order valence-corrected chi connectivity index (χ0v) is 17.2. The minimum Gasteiger partial charge on any atom is -0.351 e. The third-order valence-corrected chi connectivity index (χ3v) is 5.89. The van der Waals surface area contributed by atoms with Crippen molar-refractivity contribution in [2.45, 2.75) is 17.9 Å². The average Bonchev–Trinajstić information content (AvgIpc) is 2.75. The van der Waals surface area contributed by atoms with Crippen molar-refractivity contribution < 1.29 is 14.0 Å². The molecule has 1 N–H and O–H groups in total. The van der Waals surface area contributed by atoms with Gasteiger partial charge in [0, 0.05) is 49.8 Å². The standard InChI is InChI=1S/C22H26FN3O2S/c23-19-8-4-5-9-20(19)29-15-10-22(28)26-13-11-25(12-14-26)17-21(27)24-16-18-6-2-1-3-7-18/h1-9H,10-17H2,(H,24,27). The highest BCUT2D eigenvalue weighted by atomic mass is 32.2. The van der Waals surface area contributed by atoms with Crippen LogP contribution in [-0.4, -0.2) is 60.1 Å². The maximum absolute atomic E-state index is 13.6. The van der Waals surface area contributed by atoms with Crippen LogP contribution in [-0.2, 0) is 16.1 Å². The quantitative estimate of drug-likeness (QED) is 0.674. The second-order valence-corrected chi connectivity index (χ2v) is 8.08. The van der Waals surface area contributed by atoms with Gasteiger partial charge in [-0.2, -0.15) is 0 Å². The summed E-state index contributed by atoms with van der Waals surface area (Å²) in [6.07, 6.45) is 0.385. The monoisotopic (exact) mass is 415 g/mol. The number of piperazine rings is 1. The molecule has 2 amide bonds. The summed E-state index contributed by atoms with van der Waals surface area (Å²) in [6.45, 7) is 3.48. The van der Waals surface area contributed by atoms with E-state index in [9.17, 15) is 14.0 Å². The van der Waals surface area contributed by atoms with E-state index in [0.29, 0.717) is 56.3 Å². The molecule has 5 nitrogen and oxygen atoms in total. The number of benzene rings is 2. The van der Waals surface area contributed by atoms with Gasteiger partial charge in [-0.1, -0.05) is 42.5 Å². The molecule has 1 aliphatic heterocycles. The molecule has 2 aromatic carbocycles. The van der Waals surface area contributed by atoms with E-state index in [0.717, 1.165) is 5.56 Å². The number of rotatable bonds is 8. The molecule has 1 aliphatic rings. The third kappa shape index (κ3) is 6.87. The second kappa shape index (κ2) is 11.0. The first-order valence-electron chi connectivity index (χ1n) is 9.80. The molecule has 2 aromatic rings. The molecule has 0 aromatic heterocycles. The molecule has 0 atom stereocenters. The van der Waals surface area contributed by atoms with Gasteiger partial charge in [0.25, 0.3) is 0 Å². The lowest BCUT2D eigenvalue weighted by molar-refractivity contribution is -0.132. The van der Waals surface area contributed by atoms with Gasteiger partial charge < -0.3 is 10.2 Å². The van der Waals surface area contributed by atoms with Crippen LogP contribution in [0.15, 0.2) is 59.5 Å². The number of carbonyl (C=O) groups excluding carboxylic acids is 2. The molecular formula is C22H26FN3O2S. The summed E-state index contributed by atoms with van der Waals surface area (Å²) in [4.78, 5) is 29.0. The fourth-order valence-electron chi connectivity index (χ4n) is 3.18. The van der Waals surface area contributed by atoms with E-state index >= 15 is 0 Å². The van der Waals surface area contributed by atoms with Gasteiger partial charge in [0.05, 0.1) is 6.54 Å². The normalized spacial score (nSPS) is 14.6. The molecule has 29 heavy (non-hydrogen) atoms. The minimum atomic E-state index is -0.246. The Balaban J connectivity index is 1.32. The minimum absolute atomic E-state index is 0.00471. The van der Waals surface area contributed by atoms with E-state index in [2.05, 4.69) is 10.2 Å². The zero-order valence-electron chi connectivity index (χ0n) is 16.4. The number of hydrogen-bond donors (Lipinski definition) is 1. The Bertz CT molecular complexity index is 811. The van der Waals surface area contributed by atoms with E-state index in [1.165, 1.54) is 17.8 Å². The molecule has 1 heterocycles. The number of hydrogen-bond acceptors (Lipinski definition) is 4. The van der Waals surface area contributed by atoms with Crippen LogP contribution >= 0.6 is 11.8 Å². The molecule has 0 unspecified atom stereocenters. The maximum Gasteiger partial charge on any atom is 0.234 e. The molecule has 154 valence electrons. The van der Waals surface area contributed by atoms with Gasteiger partial charge in [-0.25, -0.2) is 4.39 Å². The lowest BCUT2D eigenvalue weighted by Crippen LogP contribution is -2.51. The summed E-state index contributed by atoms with van der Waals surface area (Å²) in [5.74, 6) is 0.392. The molecule has 1 fully saturated rings. The van der Waals surface area contributed by atoms with E-state index in [4.69, 9.17) is 0 Å². The molecule has 0 aliphatic carbocycles. The summed E-state index contributed by atoms with van der Waals surface area (Å²) in [7, 11) is 0. The van der Waals surface area contributed by atoms with E-state index < -0.39 is 0 Å². The molecule has 0 radical (unpaired) electrons. The van der Waals surface area contributed by atoms with Gasteiger partial charge in [0.15, 0.2) is 0 Å². The number of halogens is 1. The van der Waals surface area contributed by atoms with E-state index in [1.807, 2.05) is 35.2 Å². The third-order valence-electron chi connectivity index (χ3n) is 4.83. The van der Waals surface area contributed by atoms with Crippen molar-refractivity contribution in [2.24, 2.45) is 0 Å². The molecule has 0 saturated carbocycles. The lowest BCUT2D eigenvalue weighted by Gasteiger charge is -2.34. The van der Waals surface area contributed by atoms with Crippen molar-refractivity contribution in [2.75, 3.05) is 38.5 Å². The van der Waals surface area contributed by atoms with Crippen molar-refractivity contribution in [1.29, 1.82) is 0 Å². The van der Waals surface area contributed by atoms with E-state index in [-0.39, 0.29) is 17.6 Å². The Morgan fingerprint density at radius 1 is 0.966 bits per heavy atom. The Hall–Kier alpha value is -2.38. The highest BCUT2D eigenvalue weighted by molar-refractivity contribution is 7.99. The largest absolute Gasteiger partial charge is 0.351 e. The van der Waals surface area contributed by atoms with Crippen LogP contribution in [0, 0.1) is 5.82 Å². The Labute approximate surface area is 175 Å². The van der Waals surface area contributed by atoms with Gasteiger partial charge in [0.2, 0.25) is 11.8 Å². The van der Waals surface area contributed by atoms with Crippen molar-refractivity contribution in [1.82, 2.24) is 15.1 Å². The van der Waals surface area contributed by atoms with Crippen LogP contribution in [0.1, 0.15) is 12.0 Å². The Kier molecular flexibility index (Phi) is 8.07. The molecular weight excluding hydrogens is 389 g/mol. The molecule has 0 spiro atoms. The smallest absolute Gasteiger partial charge is 0.234 e. The van der Waals surface area contributed by atoms with Crippen LogP contribution in [0.3, 0.4) is 0 Å². The first kappa shape index (κ1) is 21.3. The van der Waals surface area contributed by atoms with Crippen LogP contribution in [0.2, 0.25) is 0 Å². The fourth-order valence-corrected chi connectivity index (χ4v) is 4.06. The first-order valence-corrected chi connectivity index (χ1v) is 10.8. The fraction of sp³-hybridized carbons (Fsp3) is 0.364. The second-order valence-electron chi connectivity index (χ2n) is 6.95. The summed E-state index contributed by atoms with van der Waals surface area (Å²) in [5, 5.41) is 2.93. The number of amides is 2. The van der Waals surface area contributed by atoms with Crippen LogP contribution in [0.25, 0.3) is 0 Å². The summed E-state index contributed by atoms with van der Waals surface area (Å²) in [5.41, 5.74) is 1.07. The molecule has 7 heteroatoms. The lowest BCUT2D eigenvalue weighted by atomic mass is 10.2. The summed E-state index contributed by atoms with van der Waals surface area (Å²) < 4.78 is 13.6. The number of thioether (sulfide) groups is 1. The van der Waals surface area contributed by atoms with Gasteiger partial charge in [-0.05, 0) is 17.7 Å². The van der Waals surface area contributed by atoms with Crippen LogP contribution in [0.5, 0.6) is 0 Å². The molecule has 1 saturated heterocycles. The van der Waals surface area contributed by atoms with Crippen molar-refractivity contribution in [3.8, 4) is 0 Å². The molecule has 0 bridgehead atoms. The van der Waals surface area contributed by atoms with Gasteiger partial charge >= 0.3 is 0 Å². The van der Waals surface area contributed by atoms with Crippen LogP contribution in [0.4, 0.5) is 4.39 Å². The highest BCUT2D eigenvalue weighted by Gasteiger charge is 2.22. The SMILES string of the molecule is O=C(CN1CCN(C(=O)CCSc2ccccc2F)CC1)NCc1ccccc1. The number of nitrogens with one attached hydrogen (secondary N) is 1. The van der Waals surface area contributed by atoms with E-state index in [1.54, 1.807) is 18.2 Å². The van der Waals surface area contributed by atoms with Gasteiger partial charge in [0.1, 0.15) is 5.82 Å². The predicted molar refractivity (Wildman–Crippen MR) is 113 cm³/mol. The van der Waals surface area contributed by atoms with Gasteiger partial charge in [-0.15, -0.1) is 11.8 Å². The Morgan fingerprint density at radius 2 is 1.66 bits per heavy atom. The summed E-state index contributed by atoms with van der Waals surface area (Å²) >= 11 is 1.37. The maximum atomic E-state index is 13.6. The predicted octanol–water partition coefficient (Wildman–Crippen LogP) is 2.77. The Morgan fingerprint density at radius 3 is 2.38 bits per heavy atom. The van der Waals surface area contributed by atoms with Crippen molar-refractivity contribution in [3.63, 3.8) is 0 Å². The molecule has 3 rings (SSSR count). The van der Waals surface area contributed by atoms with Crippen molar-refractivity contribution >= 4 is 23.6 Å². The first-order chi connectivity index (χ1) is 14.1. The topological polar surface area (TPSA) is 52.7 Å². The number of carbonyl (C=O) groups is 2. The van der Waals surface area contributed by atoms with Crippen LogP contribution < -0.4 is 5.32 Å². The van der Waals surface area contributed by atoms with Gasteiger partial charge in [-0.3, -0.25) is 14.5 Å². The highest BCUT2D eigenvalue weighted by Crippen LogP contribution is 2.22. The summed E-state index contributed by atoms with van der Waals surface area (Å²) in [6, 6.07) is 16.4. The van der Waals surface area contributed by atoms with Crippen molar-refractivity contribution in [3.05, 3.63) is 66.0 Å². The number of nitrogens with zero attached hydrogens (tertiary/aromatic N) is 2. The zero-order chi connectivity index (χ0) is 20.5. The average molecular weight is 416 g/mol.